The number of esters is 1. The summed E-state index contributed by atoms with van der Waals surface area (Å²) in [4.78, 5) is 88.0. The summed E-state index contributed by atoms with van der Waals surface area (Å²) in [5.74, 6) is -5.88. The van der Waals surface area contributed by atoms with Crippen molar-refractivity contribution in [1.29, 1.82) is 0 Å². The summed E-state index contributed by atoms with van der Waals surface area (Å²) in [6, 6.07) is 2.65. The number of carbonyl (C=O) groups is 7. The number of amides is 6. The fraction of sp³-hybridized carbons (Fsp3) is 0.581. The molecule has 0 spiro atoms. The molecule has 0 aliphatic rings. The normalized spacial score (nSPS) is 14.3. The van der Waals surface area contributed by atoms with E-state index in [1.807, 2.05) is 0 Å². The lowest BCUT2D eigenvalue weighted by Crippen LogP contribution is -2.60. The summed E-state index contributed by atoms with van der Waals surface area (Å²) in [7, 11) is 0. The number of rotatable bonds is 18. The second-order valence-electron chi connectivity index (χ2n) is 12.4. The maximum absolute atomic E-state index is 13.3. The van der Waals surface area contributed by atoms with Crippen LogP contribution in [0.1, 0.15) is 59.9 Å². The Kier molecular flexibility index (Phi) is 17.0. The van der Waals surface area contributed by atoms with Crippen molar-refractivity contribution in [3.05, 3.63) is 35.9 Å². The maximum Gasteiger partial charge on any atom is 0.408 e. The minimum atomic E-state index is -1.62. The van der Waals surface area contributed by atoms with Gasteiger partial charge in [0.05, 0.1) is 19.1 Å². The van der Waals surface area contributed by atoms with Crippen molar-refractivity contribution in [3.63, 3.8) is 0 Å². The van der Waals surface area contributed by atoms with Gasteiger partial charge in [0.1, 0.15) is 36.9 Å². The van der Waals surface area contributed by atoms with Gasteiger partial charge in [-0.15, -0.1) is 0 Å². The van der Waals surface area contributed by atoms with E-state index in [0.717, 1.165) is 0 Å². The molecule has 0 fully saturated rings. The van der Waals surface area contributed by atoms with E-state index in [2.05, 4.69) is 26.6 Å². The van der Waals surface area contributed by atoms with E-state index in [1.165, 1.54) is 6.92 Å². The number of ether oxygens (including phenoxy) is 2. The highest BCUT2D eigenvalue weighted by atomic mass is 16.6. The Balaban J connectivity index is 2.96. The van der Waals surface area contributed by atoms with E-state index in [4.69, 9.17) is 15.2 Å². The molecule has 5 atom stereocenters. The van der Waals surface area contributed by atoms with Crippen LogP contribution in [0.15, 0.2) is 30.3 Å². The number of hydrogen-bond donors (Lipinski definition) is 8. The molecule has 0 radical (unpaired) electrons. The zero-order valence-electron chi connectivity index (χ0n) is 28.0. The first-order valence-electron chi connectivity index (χ1n) is 15.3. The van der Waals surface area contributed by atoms with E-state index in [0.29, 0.717) is 5.56 Å². The number of aliphatic hydroxyl groups is 2. The van der Waals surface area contributed by atoms with E-state index in [1.54, 1.807) is 65.0 Å². The second kappa shape index (κ2) is 19.8. The average Bonchev–Trinajstić information content (AvgIpc) is 2.98. The van der Waals surface area contributed by atoms with E-state index in [-0.39, 0.29) is 18.9 Å². The highest BCUT2D eigenvalue weighted by Crippen LogP contribution is 2.09. The molecule has 1 aromatic carbocycles. The predicted octanol–water partition coefficient (Wildman–Crippen LogP) is -1.51. The van der Waals surface area contributed by atoms with Gasteiger partial charge in [0, 0.05) is 0 Å². The monoisotopic (exact) mass is 680 g/mol. The van der Waals surface area contributed by atoms with Gasteiger partial charge in [-0.3, -0.25) is 24.0 Å². The van der Waals surface area contributed by atoms with Crippen LogP contribution in [0.4, 0.5) is 4.79 Å². The molecular weight excluding hydrogens is 632 g/mol. The van der Waals surface area contributed by atoms with Crippen LogP contribution in [0.25, 0.3) is 0 Å². The quantitative estimate of drug-likeness (QED) is 0.0826. The molecule has 0 bridgehead atoms. The summed E-state index contributed by atoms with van der Waals surface area (Å²) in [5, 5.41) is 31.5. The number of benzene rings is 1. The minimum Gasteiger partial charge on any atom is -0.459 e. The highest BCUT2D eigenvalue weighted by molar-refractivity contribution is 5.97. The van der Waals surface area contributed by atoms with Gasteiger partial charge < -0.3 is 52.0 Å². The van der Waals surface area contributed by atoms with Crippen LogP contribution in [0.2, 0.25) is 0 Å². The molecule has 48 heavy (non-hydrogen) atoms. The largest absolute Gasteiger partial charge is 0.459 e. The standard InChI is InChI=1S/C31H48N6O11/c1-17(2)12-20(35-27(43)21(13-23(32)40)34-24(41)14-33-30(46)48-31(4,5)6)26(42)36-22(15-38)28(44)37-25(18(3)39)29(45)47-16-19-10-8-7-9-11-19/h7-11,17-18,20-22,25,38-39H,12-16H2,1-6H3,(H2,32,40)(H,33,46)(H,34,41)(H,35,43)(H,36,42)(H,37,44)/t18-,20+,21+,22+,25+/m1/s1. The molecule has 1 aromatic rings. The van der Waals surface area contributed by atoms with Crippen molar-refractivity contribution in [2.75, 3.05) is 13.2 Å². The van der Waals surface area contributed by atoms with Crippen molar-refractivity contribution in [2.24, 2.45) is 11.7 Å². The Morgan fingerprint density at radius 1 is 0.833 bits per heavy atom. The van der Waals surface area contributed by atoms with Crippen LogP contribution in [0, 0.1) is 5.92 Å². The molecule has 0 aliphatic heterocycles. The number of carbonyl (C=O) groups excluding carboxylic acids is 7. The molecule has 1 rings (SSSR count). The fourth-order valence-corrected chi connectivity index (χ4v) is 4.01. The number of nitrogens with two attached hydrogens (primary N) is 1. The van der Waals surface area contributed by atoms with Gasteiger partial charge in [-0.2, -0.15) is 0 Å². The fourth-order valence-electron chi connectivity index (χ4n) is 4.01. The molecule has 17 heteroatoms. The van der Waals surface area contributed by atoms with Crippen LogP contribution in [-0.2, 0) is 44.8 Å². The van der Waals surface area contributed by atoms with Crippen molar-refractivity contribution in [1.82, 2.24) is 26.6 Å². The molecule has 9 N–H and O–H groups in total. The summed E-state index contributed by atoms with van der Waals surface area (Å²) in [5.41, 5.74) is 5.09. The molecule has 0 aromatic heterocycles. The lowest BCUT2D eigenvalue weighted by Gasteiger charge is -2.26. The van der Waals surface area contributed by atoms with Crippen molar-refractivity contribution in [3.8, 4) is 0 Å². The van der Waals surface area contributed by atoms with Gasteiger partial charge in [0.2, 0.25) is 29.5 Å². The molecule has 0 saturated carbocycles. The number of hydrogen-bond acceptors (Lipinski definition) is 11. The number of aliphatic hydroxyl groups excluding tert-OH is 2. The van der Waals surface area contributed by atoms with Crippen LogP contribution < -0.4 is 32.3 Å². The average molecular weight is 681 g/mol. The van der Waals surface area contributed by atoms with E-state index < -0.39 is 97.0 Å². The Hall–Kier alpha value is -4.77. The number of primary amides is 1. The Morgan fingerprint density at radius 3 is 1.92 bits per heavy atom. The number of alkyl carbamates (subject to hydrolysis) is 1. The smallest absolute Gasteiger partial charge is 0.408 e. The first-order chi connectivity index (χ1) is 22.3. The van der Waals surface area contributed by atoms with Gasteiger partial charge in [0.25, 0.3) is 0 Å². The summed E-state index contributed by atoms with van der Waals surface area (Å²) < 4.78 is 10.2. The van der Waals surface area contributed by atoms with Gasteiger partial charge in [0.15, 0.2) is 6.04 Å². The third-order valence-corrected chi connectivity index (χ3v) is 6.26. The van der Waals surface area contributed by atoms with Crippen molar-refractivity contribution in [2.45, 2.75) is 96.9 Å². The SMILES string of the molecule is CC(C)C[C@H](NC(=O)[C@H](CC(N)=O)NC(=O)CNC(=O)OC(C)(C)C)C(=O)N[C@@H](CO)C(=O)N[C@H](C(=O)OCc1ccccc1)[C@@H](C)O. The third-order valence-electron chi connectivity index (χ3n) is 6.26. The third kappa shape index (κ3) is 16.2. The zero-order valence-corrected chi connectivity index (χ0v) is 28.0. The lowest BCUT2D eigenvalue weighted by molar-refractivity contribution is -0.152. The van der Waals surface area contributed by atoms with Crippen LogP contribution in [-0.4, -0.2) is 101 Å². The Labute approximate surface area is 279 Å². The molecule has 0 aliphatic carbocycles. The van der Waals surface area contributed by atoms with Crippen LogP contribution in [0.5, 0.6) is 0 Å². The summed E-state index contributed by atoms with van der Waals surface area (Å²) >= 11 is 0. The summed E-state index contributed by atoms with van der Waals surface area (Å²) in [6.45, 7) is 7.92. The van der Waals surface area contributed by atoms with Crippen molar-refractivity contribution >= 4 is 41.6 Å². The van der Waals surface area contributed by atoms with Crippen LogP contribution in [0.3, 0.4) is 0 Å². The summed E-state index contributed by atoms with van der Waals surface area (Å²) in [6.07, 6.45) is -2.93. The minimum absolute atomic E-state index is 0.0247. The van der Waals surface area contributed by atoms with Gasteiger partial charge in [-0.05, 0) is 45.6 Å². The molecule has 0 heterocycles. The van der Waals surface area contributed by atoms with Crippen LogP contribution >= 0.6 is 0 Å². The van der Waals surface area contributed by atoms with E-state index in [9.17, 15) is 43.8 Å². The van der Waals surface area contributed by atoms with Gasteiger partial charge in [-0.1, -0.05) is 44.2 Å². The maximum atomic E-state index is 13.3. The molecular formula is C31H48N6O11. The van der Waals surface area contributed by atoms with Gasteiger partial charge in [-0.25, -0.2) is 9.59 Å². The molecule has 0 unspecified atom stereocenters. The lowest BCUT2D eigenvalue weighted by atomic mass is 10.0. The van der Waals surface area contributed by atoms with E-state index >= 15 is 0 Å². The molecule has 0 saturated heterocycles. The highest BCUT2D eigenvalue weighted by Gasteiger charge is 2.33. The van der Waals surface area contributed by atoms with Gasteiger partial charge >= 0.3 is 12.1 Å². The molecule has 6 amide bonds. The zero-order chi connectivity index (χ0) is 36.6. The first-order valence-corrected chi connectivity index (χ1v) is 15.3. The van der Waals surface area contributed by atoms with Crippen molar-refractivity contribution < 1.29 is 53.2 Å². The number of nitrogens with one attached hydrogen (secondary N) is 5. The molecule has 268 valence electrons. The second-order valence-corrected chi connectivity index (χ2v) is 12.4. The Morgan fingerprint density at radius 2 is 1.40 bits per heavy atom. The predicted molar refractivity (Wildman–Crippen MR) is 170 cm³/mol. The topological polar surface area (TPSA) is 265 Å². The molecule has 17 nitrogen and oxygen atoms in total. The first kappa shape index (κ1) is 41.3. The Bertz CT molecular complexity index is 1270.